The molecule has 23 heavy (non-hydrogen) atoms. The number of anilines is 1. The number of carbonyl (C=O) groups excluding carboxylic acids is 2. The summed E-state index contributed by atoms with van der Waals surface area (Å²) in [6.07, 6.45) is 2.94. The van der Waals surface area contributed by atoms with E-state index in [9.17, 15) is 9.59 Å². The molecule has 1 aromatic rings. The van der Waals surface area contributed by atoms with E-state index < -0.39 is 0 Å². The van der Waals surface area contributed by atoms with E-state index in [-0.39, 0.29) is 23.5 Å². The summed E-state index contributed by atoms with van der Waals surface area (Å²) in [5.41, 5.74) is 0.872. The third kappa shape index (κ3) is 4.80. The van der Waals surface area contributed by atoms with Gasteiger partial charge in [-0.2, -0.15) is 0 Å². The second-order valence-electron chi connectivity index (χ2n) is 5.08. The molecule has 0 aromatic heterocycles. The normalized spacial score (nSPS) is 17.3. The lowest BCUT2D eigenvalue weighted by Crippen LogP contribution is -2.28. The molecule has 1 atom stereocenters. The number of rotatable bonds is 6. The number of benzene rings is 1. The number of imide groups is 1. The highest BCUT2D eigenvalue weighted by Crippen LogP contribution is 2.31. The number of carbonyl (C=O) groups is 2. The van der Waals surface area contributed by atoms with E-state index in [4.69, 9.17) is 12.2 Å². The van der Waals surface area contributed by atoms with E-state index >= 15 is 0 Å². The average Bonchev–Trinajstić information content (AvgIpc) is 2.77. The first-order valence-electron chi connectivity index (χ1n) is 7.24. The summed E-state index contributed by atoms with van der Waals surface area (Å²) >= 11 is 6.60. The summed E-state index contributed by atoms with van der Waals surface area (Å²) in [5.74, 6) is -0.253. The first-order chi connectivity index (χ1) is 11.0. The maximum absolute atomic E-state index is 11.9. The van der Waals surface area contributed by atoms with Crippen molar-refractivity contribution in [3.05, 3.63) is 36.9 Å². The first-order valence-corrected chi connectivity index (χ1v) is 8.53. The lowest BCUT2D eigenvalue weighted by Gasteiger charge is -2.11. The Hall–Kier alpha value is -1.86. The van der Waals surface area contributed by atoms with Gasteiger partial charge >= 0.3 is 0 Å². The highest BCUT2D eigenvalue weighted by atomic mass is 32.2. The van der Waals surface area contributed by atoms with Gasteiger partial charge in [0, 0.05) is 30.6 Å². The molecule has 122 valence electrons. The molecule has 0 radical (unpaired) electrons. The number of likely N-dealkylation sites (tertiary alicyclic amines) is 1. The van der Waals surface area contributed by atoms with Crippen molar-refractivity contribution in [2.24, 2.45) is 0 Å². The Morgan fingerprint density at radius 2 is 2.13 bits per heavy atom. The van der Waals surface area contributed by atoms with Crippen molar-refractivity contribution in [1.82, 2.24) is 10.2 Å². The van der Waals surface area contributed by atoms with Gasteiger partial charge in [-0.05, 0) is 42.9 Å². The molecule has 0 aliphatic carbocycles. The number of amides is 2. The fourth-order valence-electron chi connectivity index (χ4n) is 2.06. The summed E-state index contributed by atoms with van der Waals surface area (Å²) < 4.78 is 0. The van der Waals surface area contributed by atoms with E-state index in [0.717, 1.165) is 23.5 Å². The lowest BCUT2D eigenvalue weighted by molar-refractivity contribution is -0.136. The standard InChI is InChI=1S/C16H19N3O2S2/c1-3-4-9-17-16(22)18-11-5-7-12(8-6-11)23-13-10-14(20)19(2)15(13)21/h3,5-8,13H,1,4,9-10H2,2H3,(H2,17,18,22). The molecular formula is C16H19N3O2S2. The van der Waals surface area contributed by atoms with E-state index in [1.807, 2.05) is 30.3 Å². The molecule has 0 bridgehead atoms. The van der Waals surface area contributed by atoms with E-state index in [2.05, 4.69) is 17.2 Å². The van der Waals surface area contributed by atoms with E-state index in [0.29, 0.717) is 5.11 Å². The molecule has 1 saturated heterocycles. The van der Waals surface area contributed by atoms with Gasteiger partial charge in [0.1, 0.15) is 0 Å². The van der Waals surface area contributed by atoms with Crippen molar-refractivity contribution in [1.29, 1.82) is 0 Å². The molecule has 2 amide bonds. The summed E-state index contributed by atoms with van der Waals surface area (Å²) in [7, 11) is 1.53. The van der Waals surface area contributed by atoms with Crippen LogP contribution in [0, 0.1) is 0 Å². The van der Waals surface area contributed by atoms with Gasteiger partial charge in [0.25, 0.3) is 0 Å². The van der Waals surface area contributed by atoms with Gasteiger partial charge in [0.2, 0.25) is 11.8 Å². The number of hydrogen-bond donors (Lipinski definition) is 2. The third-order valence-electron chi connectivity index (χ3n) is 3.36. The molecule has 0 saturated carbocycles. The Bertz CT molecular complexity index is 616. The predicted molar refractivity (Wildman–Crippen MR) is 97.5 cm³/mol. The number of nitrogens with zero attached hydrogens (tertiary/aromatic N) is 1. The van der Waals surface area contributed by atoms with Crippen molar-refractivity contribution in [2.45, 2.75) is 23.0 Å². The van der Waals surface area contributed by atoms with Crippen LogP contribution in [-0.4, -0.2) is 40.7 Å². The summed E-state index contributed by atoms with van der Waals surface area (Å²) in [6, 6.07) is 7.62. The highest BCUT2D eigenvalue weighted by molar-refractivity contribution is 8.00. The van der Waals surface area contributed by atoms with Crippen LogP contribution in [0.2, 0.25) is 0 Å². The number of nitrogens with one attached hydrogen (secondary N) is 2. The molecule has 7 heteroatoms. The van der Waals surface area contributed by atoms with Crippen LogP contribution in [0.5, 0.6) is 0 Å². The Morgan fingerprint density at radius 1 is 1.43 bits per heavy atom. The average molecular weight is 349 g/mol. The van der Waals surface area contributed by atoms with Crippen LogP contribution in [0.4, 0.5) is 5.69 Å². The van der Waals surface area contributed by atoms with Gasteiger partial charge in [0.15, 0.2) is 5.11 Å². The monoisotopic (exact) mass is 349 g/mol. The number of thioether (sulfide) groups is 1. The zero-order chi connectivity index (χ0) is 16.8. The van der Waals surface area contributed by atoms with Gasteiger partial charge in [-0.3, -0.25) is 14.5 Å². The Morgan fingerprint density at radius 3 is 2.70 bits per heavy atom. The van der Waals surface area contributed by atoms with Crippen LogP contribution in [0.1, 0.15) is 12.8 Å². The second-order valence-corrected chi connectivity index (χ2v) is 6.77. The van der Waals surface area contributed by atoms with Crippen LogP contribution in [0.25, 0.3) is 0 Å². The van der Waals surface area contributed by atoms with Crippen LogP contribution >= 0.6 is 24.0 Å². The van der Waals surface area contributed by atoms with Crippen molar-refractivity contribution in [2.75, 3.05) is 18.9 Å². The van der Waals surface area contributed by atoms with Gasteiger partial charge in [-0.25, -0.2) is 0 Å². The zero-order valence-corrected chi connectivity index (χ0v) is 14.5. The minimum Gasteiger partial charge on any atom is -0.362 e. The fourth-order valence-corrected chi connectivity index (χ4v) is 3.38. The largest absolute Gasteiger partial charge is 0.362 e. The van der Waals surface area contributed by atoms with Crippen LogP contribution in [0.3, 0.4) is 0 Å². The van der Waals surface area contributed by atoms with Crippen molar-refractivity contribution >= 4 is 46.6 Å². The minimum atomic E-state index is -0.326. The summed E-state index contributed by atoms with van der Waals surface area (Å²) in [4.78, 5) is 25.6. The predicted octanol–water partition coefficient (Wildman–Crippen LogP) is 2.40. The molecule has 1 aromatic carbocycles. The molecule has 1 heterocycles. The van der Waals surface area contributed by atoms with Gasteiger partial charge in [0.05, 0.1) is 5.25 Å². The third-order valence-corrected chi connectivity index (χ3v) is 4.81. The Labute approximate surface area is 145 Å². The molecule has 1 aliphatic heterocycles. The topological polar surface area (TPSA) is 61.4 Å². The van der Waals surface area contributed by atoms with E-state index in [1.165, 1.54) is 23.7 Å². The highest BCUT2D eigenvalue weighted by Gasteiger charge is 2.36. The molecule has 1 fully saturated rings. The first kappa shape index (κ1) is 17.5. The number of thiocarbonyl (C=S) groups is 1. The number of hydrogen-bond acceptors (Lipinski definition) is 4. The minimum absolute atomic E-state index is 0.123. The summed E-state index contributed by atoms with van der Waals surface area (Å²) in [6.45, 7) is 4.40. The molecule has 2 N–H and O–H groups in total. The van der Waals surface area contributed by atoms with Crippen LogP contribution in [-0.2, 0) is 9.59 Å². The van der Waals surface area contributed by atoms with Crippen LogP contribution < -0.4 is 10.6 Å². The second kappa shape index (κ2) is 8.12. The molecular weight excluding hydrogens is 330 g/mol. The fraction of sp³-hybridized carbons (Fsp3) is 0.312. The Balaban J connectivity index is 1.87. The SMILES string of the molecule is C=CCCNC(=S)Nc1ccc(SC2CC(=O)N(C)C2=O)cc1. The summed E-state index contributed by atoms with van der Waals surface area (Å²) in [5, 5.41) is 6.40. The quantitative estimate of drug-likeness (QED) is 0.356. The van der Waals surface area contributed by atoms with Gasteiger partial charge in [-0.1, -0.05) is 6.08 Å². The van der Waals surface area contributed by atoms with Gasteiger partial charge in [-0.15, -0.1) is 18.3 Å². The molecule has 0 spiro atoms. The molecule has 5 nitrogen and oxygen atoms in total. The lowest BCUT2D eigenvalue weighted by atomic mass is 10.3. The maximum atomic E-state index is 11.9. The van der Waals surface area contributed by atoms with Gasteiger partial charge < -0.3 is 10.6 Å². The van der Waals surface area contributed by atoms with E-state index in [1.54, 1.807) is 0 Å². The smallest absolute Gasteiger partial charge is 0.242 e. The maximum Gasteiger partial charge on any atom is 0.242 e. The molecule has 2 rings (SSSR count). The van der Waals surface area contributed by atoms with Crippen molar-refractivity contribution in [3.8, 4) is 0 Å². The molecule has 1 unspecified atom stereocenters. The zero-order valence-electron chi connectivity index (χ0n) is 12.9. The molecule has 1 aliphatic rings. The van der Waals surface area contributed by atoms with Crippen molar-refractivity contribution in [3.63, 3.8) is 0 Å². The Kier molecular flexibility index (Phi) is 6.18. The van der Waals surface area contributed by atoms with Crippen molar-refractivity contribution < 1.29 is 9.59 Å². The van der Waals surface area contributed by atoms with Crippen LogP contribution in [0.15, 0.2) is 41.8 Å².